The fraction of sp³-hybridized carbons (Fsp3) is 0.357. The molecule has 3 aromatic rings. The van der Waals surface area contributed by atoms with Crippen LogP contribution in [0.2, 0.25) is 0 Å². The van der Waals surface area contributed by atoms with Gasteiger partial charge in [-0.25, -0.2) is 4.39 Å². The largest absolute Gasteiger partial charge is 0.366 e. The van der Waals surface area contributed by atoms with Crippen LogP contribution in [-0.2, 0) is 4.79 Å². The van der Waals surface area contributed by atoms with E-state index in [1.165, 1.54) is 6.07 Å². The maximum absolute atomic E-state index is 14.3. The summed E-state index contributed by atoms with van der Waals surface area (Å²) in [4.78, 5) is 34.6. The highest BCUT2D eigenvalue weighted by atomic mass is 32.1. The van der Waals surface area contributed by atoms with E-state index < -0.39 is 5.92 Å². The van der Waals surface area contributed by atoms with E-state index in [4.69, 9.17) is 0 Å². The van der Waals surface area contributed by atoms with Gasteiger partial charge < -0.3 is 14.7 Å². The molecule has 2 aliphatic rings. The Morgan fingerprint density at radius 3 is 2.40 bits per heavy atom. The summed E-state index contributed by atoms with van der Waals surface area (Å²) in [7, 11) is 0. The van der Waals surface area contributed by atoms with Gasteiger partial charge in [0.25, 0.3) is 5.91 Å². The number of anilines is 1. The summed E-state index contributed by atoms with van der Waals surface area (Å²) in [6, 6.07) is 18.0. The molecule has 3 heterocycles. The Hall–Kier alpha value is -3.19. The number of hydrogen-bond donors (Lipinski definition) is 0. The highest BCUT2D eigenvalue weighted by Crippen LogP contribution is 2.45. The number of hydrogen-bond acceptors (Lipinski definition) is 4. The van der Waals surface area contributed by atoms with E-state index in [0.29, 0.717) is 44.0 Å². The third-order valence-electron chi connectivity index (χ3n) is 6.89. The van der Waals surface area contributed by atoms with E-state index >= 15 is 0 Å². The highest BCUT2D eigenvalue weighted by molar-refractivity contribution is 7.10. The molecule has 5 nitrogen and oxygen atoms in total. The van der Waals surface area contributed by atoms with Crippen molar-refractivity contribution in [1.82, 2.24) is 9.80 Å². The fourth-order valence-electron chi connectivity index (χ4n) is 5.30. The van der Waals surface area contributed by atoms with Gasteiger partial charge >= 0.3 is 0 Å². The summed E-state index contributed by atoms with van der Waals surface area (Å²) in [5.74, 6) is -0.423. The van der Waals surface area contributed by atoms with E-state index in [1.54, 1.807) is 23.5 Å². The van der Waals surface area contributed by atoms with Crippen LogP contribution in [0.25, 0.3) is 0 Å². The molecule has 1 aromatic heterocycles. The Balaban J connectivity index is 1.47. The fourth-order valence-corrected chi connectivity index (χ4v) is 6.18. The molecule has 0 aliphatic carbocycles. The minimum atomic E-state index is -0.471. The van der Waals surface area contributed by atoms with Gasteiger partial charge in [0, 0.05) is 43.2 Å². The van der Waals surface area contributed by atoms with Gasteiger partial charge in [0.1, 0.15) is 5.82 Å². The number of carbonyl (C=O) groups is 2. The molecule has 0 N–H and O–H groups in total. The molecule has 5 rings (SSSR count). The second-order valence-electron chi connectivity index (χ2n) is 9.64. The Bertz CT molecular complexity index is 1200. The monoisotopic (exact) mass is 491 g/mol. The second-order valence-corrected chi connectivity index (χ2v) is 10.6. The number of amides is 2. The molecule has 0 radical (unpaired) electrons. The molecule has 1 fully saturated rings. The summed E-state index contributed by atoms with van der Waals surface area (Å²) >= 11 is 1.59. The minimum Gasteiger partial charge on any atom is -0.366 e. The molecule has 0 spiro atoms. The lowest BCUT2D eigenvalue weighted by molar-refractivity contribution is -0.135. The quantitative estimate of drug-likeness (QED) is 0.495. The molecule has 2 atom stereocenters. The van der Waals surface area contributed by atoms with Crippen molar-refractivity contribution in [1.29, 1.82) is 0 Å². The molecular formula is C28H30FN3O2S. The van der Waals surface area contributed by atoms with Gasteiger partial charge in [-0.15, -0.1) is 11.3 Å². The van der Waals surface area contributed by atoms with Crippen molar-refractivity contribution in [3.63, 3.8) is 0 Å². The average Bonchev–Trinajstić information content (AvgIpc) is 3.40. The zero-order valence-electron chi connectivity index (χ0n) is 20.1. The van der Waals surface area contributed by atoms with E-state index in [9.17, 15) is 14.0 Å². The van der Waals surface area contributed by atoms with E-state index in [1.807, 2.05) is 62.5 Å². The lowest BCUT2D eigenvalue weighted by atomic mass is 9.80. The molecule has 182 valence electrons. The van der Waals surface area contributed by atoms with E-state index in [-0.39, 0.29) is 29.6 Å². The molecule has 0 unspecified atom stereocenters. The van der Waals surface area contributed by atoms with Gasteiger partial charge in [-0.1, -0.05) is 50.2 Å². The van der Waals surface area contributed by atoms with Crippen LogP contribution < -0.4 is 4.90 Å². The summed E-state index contributed by atoms with van der Waals surface area (Å²) in [6.07, 6.45) is 0. The number of rotatable bonds is 5. The summed E-state index contributed by atoms with van der Waals surface area (Å²) in [5.41, 5.74) is 1.99. The van der Waals surface area contributed by atoms with Crippen molar-refractivity contribution in [2.24, 2.45) is 5.92 Å². The summed E-state index contributed by atoms with van der Waals surface area (Å²) in [5, 5.41) is 2.00. The molecule has 7 heteroatoms. The molecule has 0 saturated carbocycles. The van der Waals surface area contributed by atoms with Crippen LogP contribution in [0.5, 0.6) is 0 Å². The van der Waals surface area contributed by atoms with Gasteiger partial charge in [-0.2, -0.15) is 0 Å². The van der Waals surface area contributed by atoms with Gasteiger partial charge in [0.05, 0.1) is 17.6 Å². The Labute approximate surface area is 209 Å². The number of halogens is 1. The number of nitrogens with zero attached hydrogens (tertiary/aromatic N) is 3. The van der Waals surface area contributed by atoms with Crippen molar-refractivity contribution < 1.29 is 14.0 Å². The number of thiophene rings is 1. The van der Waals surface area contributed by atoms with Gasteiger partial charge in [0.15, 0.2) is 0 Å². The van der Waals surface area contributed by atoms with Gasteiger partial charge in [0.2, 0.25) is 5.91 Å². The normalized spacial score (nSPS) is 20.3. The number of benzene rings is 2. The van der Waals surface area contributed by atoms with Crippen LogP contribution in [-0.4, -0.2) is 54.3 Å². The van der Waals surface area contributed by atoms with Crippen molar-refractivity contribution in [3.05, 3.63) is 87.9 Å². The van der Waals surface area contributed by atoms with Crippen molar-refractivity contribution in [3.8, 4) is 0 Å². The maximum atomic E-state index is 14.3. The SMILES string of the molecule is CC(C)CN1C(=O)c2ccccc2[C@H](C(=O)N2CCN(c3ccccc3F)CC2)[C@@H]1c1cccs1. The number of carbonyl (C=O) groups excluding carboxylic acids is 2. The van der Waals surface area contributed by atoms with Crippen LogP contribution >= 0.6 is 11.3 Å². The first kappa shape index (κ1) is 23.5. The topological polar surface area (TPSA) is 43.9 Å². The third-order valence-corrected chi connectivity index (χ3v) is 7.83. The van der Waals surface area contributed by atoms with E-state index in [0.717, 1.165) is 10.4 Å². The molecule has 2 amide bonds. The van der Waals surface area contributed by atoms with Crippen molar-refractivity contribution >= 4 is 28.8 Å². The number of para-hydroxylation sites is 1. The molecule has 35 heavy (non-hydrogen) atoms. The highest BCUT2D eigenvalue weighted by Gasteiger charge is 2.46. The predicted octanol–water partition coefficient (Wildman–Crippen LogP) is 5.17. The molecular weight excluding hydrogens is 461 g/mol. The molecule has 2 aliphatic heterocycles. The molecule has 2 aromatic carbocycles. The maximum Gasteiger partial charge on any atom is 0.254 e. The van der Waals surface area contributed by atoms with Crippen LogP contribution in [0.3, 0.4) is 0 Å². The van der Waals surface area contributed by atoms with Crippen molar-refractivity contribution in [2.75, 3.05) is 37.6 Å². The first-order chi connectivity index (χ1) is 17.0. The Morgan fingerprint density at radius 1 is 1.00 bits per heavy atom. The van der Waals surface area contributed by atoms with Crippen molar-refractivity contribution in [2.45, 2.75) is 25.8 Å². The average molecular weight is 492 g/mol. The molecule has 1 saturated heterocycles. The van der Waals surface area contributed by atoms with Crippen LogP contribution in [0.1, 0.15) is 46.6 Å². The molecule has 0 bridgehead atoms. The van der Waals surface area contributed by atoms with Crippen LogP contribution in [0.15, 0.2) is 66.0 Å². The Morgan fingerprint density at radius 2 is 1.71 bits per heavy atom. The summed E-state index contributed by atoms with van der Waals surface area (Å²) in [6.45, 7) is 6.94. The lowest BCUT2D eigenvalue weighted by Crippen LogP contribution is -2.53. The van der Waals surface area contributed by atoms with E-state index in [2.05, 4.69) is 13.8 Å². The number of fused-ring (bicyclic) bond motifs is 1. The first-order valence-electron chi connectivity index (χ1n) is 12.2. The van der Waals surface area contributed by atoms with Gasteiger partial charge in [-0.3, -0.25) is 9.59 Å². The zero-order valence-corrected chi connectivity index (χ0v) is 20.9. The van der Waals surface area contributed by atoms with Crippen LogP contribution in [0.4, 0.5) is 10.1 Å². The summed E-state index contributed by atoms with van der Waals surface area (Å²) < 4.78 is 14.3. The Kier molecular flexibility index (Phi) is 6.60. The minimum absolute atomic E-state index is 0.0128. The second kappa shape index (κ2) is 9.82. The lowest BCUT2D eigenvalue weighted by Gasteiger charge is -2.44. The first-order valence-corrected chi connectivity index (χ1v) is 13.0. The van der Waals surface area contributed by atoms with Gasteiger partial charge in [-0.05, 0) is 41.1 Å². The third kappa shape index (κ3) is 4.45. The zero-order chi connectivity index (χ0) is 24.5. The smallest absolute Gasteiger partial charge is 0.254 e. The predicted molar refractivity (Wildman–Crippen MR) is 137 cm³/mol. The number of piperazine rings is 1. The standard InChI is InChI=1S/C28H30FN3O2S/c1-19(2)18-32-26(24-12-7-17-35-24)25(20-8-3-4-9-21(20)27(32)33)28(34)31-15-13-30(14-16-31)23-11-6-5-10-22(23)29/h3-12,17,19,25-26H,13-16,18H2,1-2H3/t25-,26-/m0/s1. The van der Waals surface area contributed by atoms with Crippen LogP contribution in [0, 0.1) is 11.7 Å².